The van der Waals surface area contributed by atoms with Crippen LogP contribution < -0.4 is 5.73 Å². The molecule has 9 heteroatoms. The minimum absolute atomic E-state index is 0.329. The van der Waals surface area contributed by atoms with E-state index in [1.54, 1.807) is 19.3 Å². The molecule has 1 fully saturated rings. The number of hydrogen-bond donors (Lipinski definition) is 1. The number of nitrogens with two attached hydrogens (primary N) is 1. The van der Waals surface area contributed by atoms with Crippen molar-refractivity contribution in [1.82, 2.24) is 14.9 Å². The summed E-state index contributed by atoms with van der Waals surface area (Å²) >= 11 is 6.41. The second-order valence-electron chi connectivity index (χ2n) is 12.6. The molecule has 228 valence electrons. The van der Waals surface area contributed by atoms with Crippen molar-refractivity contribution in [3.8, 4) is 11.3 Å². The lowest BCUT2D eigenvalue weighted by Gasteiger charge is -2.47. The van der Waals surface area contributed by atoms with Crippen molar-refractivity contribution in [2.45, 2.75) is 89.4 Å². The van der Waals surface area contributed by atoms with E-state index in [1.807, 2.05) is 63.2 Å². The molecule has 8 nitrogen and oxygen atoms in total. The van der Waals surface area contributed by atoms with E-state index in [2.05, 4.69) is 14.9 Å². The number of rotatable bonds is 7. The predicted octanol–water partition coefficient (Wildman–Crippen LogP) is 5.88. The van der Waals surface area contributed by atoms with Gasteiger partial charge in [-0.1, -0.05) is 35.9 Å². The quantitative estimate of drug-likeness (QED) is 0.333. The van der Waals surface area contributed by atoms with E-state index in [0.717, 1.165) is 73.3 Å². The van der Waals surface area contributed by atoms with Crippen LogP contribution in [-0.4, -0.2) is 57.6 Å². The maximum Gasteiger partial charge on any atom is 0.338 e. The molecule has 0 spiro atoms. The normalized spacial score (nSPS) is 21.5. The zero-order valence-corrected chi connectivity index (χ0v) is 26.2. The molecule has 1 aliphatic carbocycles. The highest BCUT2D eigenvalue weighted by molar-refractivity contribution is 6.30. The number of halogens is 1. The Labute approximate surface area is 258 Å². The second-order valence-corrected chi connectivity index (χ2v) is 13.0. The average molecular weight is 605 g/mol. The molecule has 0 amide bonds. The number of hydrogen-bond acceptors (Lipinski definition) is 8. The molecule has 2 aromatic carbocycles. The van der Waals surface area contributed by atoms with Crippen LogP contribution >= 0.6 is 11.6 Å². The number of esters is 2. The van der Waals surface area contributed by atoms with Gasteiger partial charge < -0.3 is 15.2 Å². The molecule has 0 saturated heterocycles. The maximum atomic E-state index is 13.3. The summed E-state index contributed by atoms with van der Waals surface area (Å²) in [6, 6.07) is 14.7. The van der Waals surface area contributed by atoms with Crippen molar-refractivity contribution in [1.29, 1.82) is 0 Å². The Bertz CT molecular complexity index is 1480. The minimum Gasteiger partial charge on any atom is -0.462 e. The van der Waals surface area contributed by atoms with E-state index < -0.39 is 17.1 Å². The van der Waals surface area contributed by atoms with Crippen LogP contribution in [0, 0.1) is 0 Å². The Kier molecular flexibility index (Phi) is 9.20. The molecule has 2 N–H and O–H groups in total. The first-order valence-electron chi connectivity index (χ1n) is 15.1. The number of nitrogens with zero attached hydrogens (tertiary/aromatic N) is 3. The Hall–Kier alpha value is -3.33. The molecule has 1 saturated carbocycles. The van der Waals surface area contributed by atoms with Gasteiger partial charge in [0.25, 0.3) is 0 Å². The zero-order chi connectivity index (χ0) is 30.8. The van der Waals surface area contributed by atoms with Gasteiger partial charge in [-0.2, -0.15) is 0 Å². The molecule has 2 aliphatic rings. The van der Waals surface area contributed by atoms with Crippen LogP contribution in [0.5, 0.6) is 0 Å². The highest BCUT2D eigenvalue weighted by atomic mass is 35.5. The molecule has 0 bridgehead atoms. The van der Waals surface area contributed by atoms with Crippen molar-refractivity contribution < 1.29 is 19.1 Å². The average Bonchev–Trinajstić information content (AvgIpc) is 2.99. The maximum absolute atomic E-state index is 13.3. The number of carbonyl (C=O) groups excluding carboxylic acids is 2. The molecule has 1 unspecified atom stereocenters. The van der Waals surface area contributed by atoms with Crippen LogP contribution in [0.1, 0.15) is 80.6 Å². The summed E-state index contributed by atoms with van der Waals surface area (Å²) in [6.07, 6.45) is 5.69. The van der Waals surface area contributed by atoms with Crippen LogP contribution in [0.15, 0.2) is 54.9 Å². The lowest BCUT2D eigenvalue weighted by molar-refractivity contribution is -0.159. The summed E-state index contributed by atoms with van der Waals surface area (Å²) in [5.74, 6) is -0.718. The van der Waals surface area contributed by atoms with E-state index in [9.17, 15) is 9.59 Å². The number of aromatic nitrogens is 2. The smallest absolute Gasteiger partial charge is 0.338 e. The van der Waals surface area contributed by atoms with Gasteiger partial charge in [-0.05, 0) is 89.6 Å². The summed E-state index contributed by atoms with van der Waals surface area (Å²) in [5.41, 5.74) is 10.9. The zero-order valence-electron chi connectivity index (χ0n) is 25.4. The van der Waals surface area contributed by atoms with E-state index >= 15 is 0 Å². The van der Waals surface area contributed by atoms with Crippen LogP contribution in [0.3, 0.4) is 0 Å². The van der Waals surface area contributed by atoms with Crippen molar-refractivity contribution in [2.24, 2.45) is 5.73 Å². The Morgan fingerprint density at radius 1 is 1.12 bits per heavy atom. The molecule has 2 heterocycles. The number of carbonyl (C=O) groups is 2. The van der Waals surface area contributed by atoms with E-state index in [0.29, 0.717) is 23.2 Å². The SMILES string of the molecule is CCOC(=O)c1cccc(-c2ncnc3c2CCN(C2CCC(c4cccc(Cl)c4)(C(N)C(=O)OC(C)(C)C)CC2)C3)c1. The third-order valence-corrected chi connectivity index (χ3v) is 8.94. The van der Waals surface area contributed by atoms with E-state index in [1.165, 1.54) is 0 Å². The van der Waals surface area contributed by atoms with E-state index in [4.69, 9.17) is 26.8 Å². The largest absolute Gasteiger partial charge is 0.462 e. The molecule has 1 aromatic heterocycles. The van der Waals surface area contributed by atoms with Crippen LogP contribution in [0.4, 0.5) is 0 Å². The van der Waals surface area contributed by atoms with Gasteiger partial charge in [0.2, 0.25) is 0 Å². The minimum atomic E-state index is -0.797. The summed E-state index contributed by atoms with van der Waals surface area (Å²) in [7, 11) is 0. The number of ether oxygens (including phenoxy) is 2. The summed E-state index contributed by atoms with van der Waals surface area (Å²) < 4.78 is 10.9. The highest BCUT2D eigenvalue weighted by Gasteiger charge is 2.47. The fourth-order valence-electron chi connectivity index (χ4n) is 6.59. The first-order valence-corrected chi connectivity index (χ1v) is 15.5. The van der Waals surface area contributed by atoms with Crippen LogP contribution in [-0.2, 0) is 32.6 Å². The van der Waals surface area contributed by atoms with Crippen molar-refractivity contribution >= 4 is 23.5 Å². The van der Waals surface area contributed by atoms with Gasteiger partial charge in [0, 0.05) is 40.7 Å². The predicted molar refractivity (Wildman–Crippen MR) is 167 cm³/mol. The molecule has 3 aromatic rings. The van der Waals surface area contributed by atoms with Crippen molar-refractivity contribution in [2.75, 3.05) is 13.2 Å². The summed E-state index contributed by atoms with van der Waals surface area (Å²) in [5, 5.41) is 0.631. The Morgan fingerprint density at radius 3 is 2.56 bits per heavy atom. The summed E-state index contributed by atoms with van der Waals surface area (Å²) in [6.45, 7) is 9.30. The van der Waals surface area contributed by atoms with Crippen molar-refractivity contribution in [3.05, 3.63) is 82.3 Å². The molecule has 0 radical (unpaired) electrons. The number of benzene rings is 2. The first-order chi connectivity index (χ1) is 20.5. The third-order valence-electron chi connectivity index (χ3n) is 8.70. The lowest BCUT2D eigenvalue weighted by Crippen LogP contribution is -2.56. The lowest BCUT2D eigenvalue weighted by atomic mass is 9.63. The van der Waals surface area contributed by atoms with Crippen LogP contribution in [0.2, 0.25) is 5.02 Å². The van der Waals surface area contributed by atoms with Gasteiger partial charge in [-0.15, -0.1) is 0 Å². The number of fused-ring (bicyclic) bond motifs is 1. The fourth-order valence-corrected chi connectivity index (χ4v) is 6.78. The van der Waals surface area contributed by atoms with Crippen LogP contribution in [0.25, 0.3) is 11.3 Å². The Morgan fingerprint density at radius 2 is 1.86 bits per heavy atom. The molecule has 43 heavy (non-hydrogen) atoms. The monoisotopic (exact) mass is 604 g/mol. The van der Waals surface area contributed by atoms with Crippen molar-refractivity contribution in [3.63, 3.8) is 0 Å². The van der Waals surface area contributed by atoms with Gasteiger partial charge in [0.1, 0.15) is 18.0 Å². The van der Waals surface area contributed by atoms with E-state index in [-0.39, 0.29) is 11.9 Å². The fraction of sp³-hybridized carbons (Fsp3) is 0.471. The molecular formula is C34H41ClN4O4. The Balaban J connectivity index is 1.34. The molecule has 1 aliphatic heterocycles. The van der Waals surface area contributed by atoms with Gasteiger partial charge in [0.05, 0.1) is 23.6 Å². The third kappa shape index (κ3) is 6.77. The van der Waals surface area contributed by atoms with Gasteiger partial charge >= 0.3 is 11.9 Å². The summed E-state index contributed by atoms with van der Waals surface area (Å²) in [4.78, 5) is 37.4. The second kappa shape index (κ2) is 12.7. The van der Waals surface area contributed by atoms with Gasteiger partial charge in [0.15, 0.2) is 0 Å². The highest BCUT2D eigenvalue weighted by Crippen LogP contribution is 2.45. The molecule has 5 rings (SSSR count). The molecule has 1 atom stereocenters. The van der Waals surface area contributed by atoms with Gasteiger partial charge in [-0.3, -0.25) is 9.69 Å². The molecular weight excluding hydrogens is 564 g/mol. The standard InChI is InChI=1S/C34H41ClN4O4/c1-5-42-31(40)23-9-6-8-22(18-23)29-27-14-17-39(20-28(27)37-21-38-29)26-12-15-34(16-13-26,24-10-7-11-25(35)19-24)30(36)32(41)43-33(2,3)4/h6-11,18-19,21,26,30H,5,12-17,20,36H2,1-4H3. The first kappa shape index (κ1) is 31.1. The topological polar surface area (TPSA) is 108 Å². The van der Waals surface area contributed by atoms with Gasteiger partial charge in [-0.25, -0.2) is 14.8 Å².